The maximum absolute atomic E-state index is 12.9. The molecule has 3 unspecified atom stereocenters. The number of phosphoric ester groups is 1. The van der Waals surface area contributed by atoms with Gasteiger partial charge < -0.3 is 19.8 Å². The molecule has 8 nitrogen and oxygen atoms in total. The molecule has 0 radical (unpaired) electrons. The van der Waals surface area contributed by atoms with Gasteiger partial charge >= 0.3 is 7.82 Å². The maximum Gasteiger partial charge on any atom is 0.472 e. The minimum Gasteiger partial charge on any atom is -0.391 e. The van der Waals surface area contributed by atoms with Crippen LogP contribution in [0.15, 0.2) is 24.3 Å². The van der Waals surface area contributed by atoms with Crippen molar-refractivity contribution in [1.29, 1.82) is 0 Å². The number of hydrogen-bond acceptors (Lipinski definition) is 5. The fourth-order valence-corrected chi connectivity index (χ4v) is 7.81. The van der Waals surface area contributed by atoms with Gasteiger partial charge in [-0.1, -0.05) is 199 Å². The van der Waals surface area contributed by atoms with Crippen molar-refractivity contribution in [1.82, 2.24) is 5.32 Å². The highest BCUT2D eigenvalue weighted by molar-refractivity contribution is 7.47. The van der Waals surface area contributed by atoms with Crippen LogP contribution in [0, 0.1) is 0 Å². The molecule has 0 spiro atoms. The summed E-state index contributed by atoms with van der Waals surface area (Å²) < 4.78 is 23.6. The third-order valence-electron chi connectivity index (χ3n) is 11.0. The summed E-state index contributed by atoms with van der Waals surface area (Å²) in [5.74, 6) is -0.146. The number of phosphoric acid groups is 1. The number of quaternary nitrogens is 1. The lowest BCUT2D eigenvalue weighted by molar-refractivity contribution is -0.870. The summed E-state index contributed by atoms with van der Waals surface area (Å²) in [5, 5.41) is 14.0. The van der Waals surface area contributed by atoms with Gasteiger partial charge in [0.25, 0.3) is 0 Å². The minimum atomic E-state index is -4.31. The van der Waals surface area contributed by atoms with E-state index in [4.69, 9.17) is 9.05 Å². The third-order valence-corrected chi connectivity index (χ3v) is 11.9. The van der Waals surface area contributed by atoms with Crippen molar-refractivity contribution in [3.63, 3.8) is 0 Å². The van der Waals surface area contributed by atoms with Gasteiger partial charge in [-0.2, -0.15) is 0 Å². The summed E-state index contributed by atoms with van der Waals surface area (Å²) >= 11 is 0. The van der Waals surface area contributed by atoms with Gasteiger partial charge in [-0.3, -0.25) is 13.8 Å². The molecule has 0 aromatic rings. The van der Waals surface area contributed by atoms with Crippen molar-refractivity contribution >= 4 is 13.7 Å². The zero-order valence-electron chi connectivity index (χ0n) is 38.3. The van der Waals surface area contributed by atoms with E-state index in [2.05, 4.69) is 43.5 Å². The first-order valence-electron chi connectivity index (χ1n) is 24.2. The first-order chi connectivity index (χ1) is 27.5. The van der Waals surface area contributed by atoms with E-state index in [-0.39, 0.29) is 19.1 Å². The summed E-state index contributed by atoms with van der Waals surface area (Å²) in [4.78, 5) is 23.2. The Bertz CT molecular complexity index is 984. The van der Waals surface area contributed by atoms with Crippen LogP contribution in [0.3, 0.4) is 0 Å². The monoisotopic (exact) mass is 828 g/mol. The molecule has 0 saturated heterocycles. The molecule has 3 atom stereocenters. The maximum atomic E-state index is 12.9. The SMILES string of the molecule is CCCCCCC/C=C\C/C=C\CCCCCCCCCCCCCC(=O)NC(COP(=O)(O)OCC[N+](C)(C)C)C(O)CCCCCCCCCCCCCC. The fourth-order valence-electron chi connectivity index (χ4n) is 7.08. The Hall–Kier alpha value is -1.02. The molecule has 57 heavy (non-hydrogen) atoms. The number of likely N-dealkylation sites (N-methyl/N-ethyl adjacent to an activating group) is 1. The van der Waals surface area contributed by atoms with Crippen molar-refractivity contribution in [3.8, 4) is 0 Å². The number of hydrogen-bond donors (Lipinski definition) is 3. The number of aliphatic hydroxyl groups excluding tert-OH is 1. The molecule has 338 valence electrons. The molecule has 0 aliphatic carbocycles. The Morgan fingerprint density at radius 3 is 1.44 bits per heavy atom. The van der Waals surface area contributed by atoms with E-state index in [0.717, 1.165) is 44.9 Å². The summed E-state index contributed by atoms with van der Waals surface area (Å²) in [6.45, 7) is 4.88. The third kappa shape index (κ3) is 42.9. The first kappa shape index (κ1) is 56.0. The molecular formula is C48H96N2O6P+. The second kappa shape index (κ2) is 40.4. The van der Waals surface area contributed by atoms with Crippen molar-refractivity contribution < 1.29 is 32.9 Å². The van der Waals surface area contributed by atoms with E-state index in [9.17, 15) is 19.4 Å². The van der Waals surface area contributed by atoms with E-state index in [1.54, 1.807) is 0 Å². The number of rotatable bonds is 44. The smallest absolute Gasteiger partial charge is 0.391 e. The molecule has 0 aliphatic heterocycles. The van der Waals surface area contributed by atoms with Crippen LogP contribution < -0.4 is 5.32 Å². The van der Waals surface area contributed by atoms with Crippen LogP contribution in [0.1, 0.15) is 226 Å². The van der Waals surface area contributed by atoms with Crippen molar-refractivity contribution in [2.24, 2.45) is 0 Å². The number of amides is 1. The quantitative estimate of drug-likeness (QED) is 0.0244. The van der Waals surface area contributed by atoms with E-state index < -0.39 is 20.0 Å². The number of nitrogens with one attached hydrogen (secondary N) is 1. The average molecular weight is 828 g/mol. The molecule has 0 aromatic carbocycles. The molecule has 9 heteroatoms. The van der Waals surface area contributed by atoms with Gasteiger partial charge in [0.1, 0.15) is 13.2 Å². The van der Waals surface area contributed by atoms with Crippen LogP contribution in [-0.4, -0.2) is 73.4 Å². The largest absolute Gasteiger partial charge is 0.472 e. The first-order valence-corrected chi connectivity index (χ1v) is 25.7. The van der Waals surface area contributed by atoms with Crippen LogP contribution in [-0.2, 0) is 18.4 Å². The molecule has 0 fully saturated rings. The lowest BCUT2D eigenvalue weighted by Crippen LogP contribution is -2.46. The number of allylic oxidation sites excluding steroid dienone is 4. The highest BCUT2D eigenvalue weighted by Crippen LogP contribution is 2.43. The van der Waals surface area contributed by atoms with Gasteiger partial charge in [0.15, 0.2) is 0 Å². The number of carbonyl (C=O) groups is 1. The Labute approximate surface area is 354 Å². The molecule has 3 N–H and O–H groups in total. The van der Waals surface area contributed by atoms with Gasteiger partial charge in [-0.15, -0.1) is 0 Å². The highest BCUT2D eigenvalue weighted by Gasteiger charge is 2.28. The van der Waals surface area contributed by atoms with Crippen LogP contribution in [0.5, 0.6) is 0 Å². The zero-order valence-corrected chi connectivity index (χ0v) is 39.2. The van der Waals surface area contributed by atoms with Crippen molar-refractivity contribution in [2.45, 2.75) is 238 Å². The minimum absolute atomic E-state index is 0.0751. The average Bonchev–Trinajstić information content (AvgIpc) is 3.16. The fraction of sp³-hybridized carbons (Fsp3) is 0.896. The molecule has 0 aliphatic rings. The van der Waals surface area contributed by atoms with Crippen LogP contribution in [0.2, 0.25) is 0 Å². The normalized spacial score (nSPS) is 14.4. The summed E-state index contributed by atoms with van der Waals surface area (Å²) in [6.07, 6.45) is 47.8. The zero-order chi connectivity index (χ0) is 42.1. The van der Waals surface area contributed by atoms with Crippen LogP contribution in [0.4, 0.5) is 0 Å². The van der Waals surface area contributed by atoms with Gasteiger partial charge in [-0.25, -0.2) is 4.57 Å². The van der Waals surface area contributed by atoms with Gasteiger partial charge in [0.2, 0.25) is 5.91 Å². The van der Waals surface area contributed by atoms with Crippen molar-refractivity contribution in [3.05, 3.63) is 24.3 Å². The summed E-state index contributed by atoms with van der Waals surface area (Å²) in [6, 6.07) is -0.758. The molecule has 0 rings (SSSR count). The van der Waals surface area contributed by atoms with Gasteiger partial charge in [-0.05, 0) is 44.9 Å². The Balaban J connectivity index is 4.21. The number of carbonyl (C=O) groups excluding carboxylic acids is 1. The summed E-state index contributed by atoms with van der Waals surface area (Å²) in [5.41, 5.74) is 0. The molecule has 1 amide bonds. The second-order valence-corrected chi connectivity index (χ2v) is 19.3. The molecule has 0 saturated carbocycles. The van der Waals surface area contributed by atoms with Gasteiger partial charge in [0.05, 0.1) is 39.9 Å². The number of nitrogens with zero attached hydrogens (tertiary/aromatic N) is 1. The van der Waals surface area contributed by atoms with Crippen molar-refractivity contribution in [2.75, 3.05) is 40.9 Å². The predicted molar refractivity (Wildman–Crippen MR) is 245 cm³/mol. The Kier molecular flexibility index (Phi) is 39.7. The Morgan fingerprint density at radius 1 is 0.596 bits per heavy atom. The Morgan fingerprint density at radius 2 is 1.00 bits per heavy atom. The molecule has 0 bridgehead atoms. The van der Waals surface area contributed by atoms with E-state index >= 15 is 0 Å². The molecular weight excluding hydrogens is 732 g/mol. The molecule has 0 heterocycles. The predicted octanol–water partition coefficient (Wildman–Crippen LogP) is 13.7. The van der Waals surface area contributed by atoms with Crippen LogP contribution >= 0.6 is 7.82 Å². The number of aliphatic hydroxyl groups is 1. The number of unbranched alkanes of at least 4 members (excludes halogenated alkanes) is 27. The standard InChI is InChI=1S/C48H95N2O6P/c1-6-8-10-12-14-16-18-20-21-22-23-24-25-26-27-28-29-30-32-34-36-38-40-42-48(52)49-46(45-56-57(53,54)55-44-43-50(3,4)5)47(51)41-39-37-35-33-31-19-17-15-13-11-9-7-2/h18,20,22-23,46-47,51H,6-17,19,21,24-45H2,1-5H3,(H-,49,52,53,54)/p+1/b20-18-,23-22-. The second-order valence-electron chi connectivity index (χ2n) is 17.8. The lowest BCUT2D eigenvalue weighted by Gasteiger charge is -2.26. The van der Waals surface area contributed by atoms with E-state index in [1.165, 1.54) is 154 Å². The van der Waals surface area contributed by atoms with E-state index in [0.29, 0.717) is 23.9 Å². The topological polar surface area (TPSA) is 105 Å². The van der Waals surface area contributed by atoms with E-state index in [1.807, 2.05) is 21.1 Å². The summed E-state index contributed by atoms with van der Waals surface area (Å²) in [7, 11) is 1.62. The lowest BCUT2D eigenvalue weighted by atomic mass is 10.0. The highest BCUT2D eigenvalue weighted by atomic mass is 31.2. The van der Waals surface area contributed by atoms with Gasteiger partial charge in [0, 0.05) is 6.42 Å². The van der Waals surface area contributed by atoms with Crippen LogP contribution in [0.25, 0.3) is 0 Å². The molecule has 0 aromatic heterocycles.